The van der Waals surface area contributed by atoms with Gasteiger partial charge in [-0.1, -0.05) is 58.8 Å². The van der Waals surface area contributed by atoms with Gasteiger partial charge in [0.2, 0.25) is 0 Å². The first-order valence-electron chi connectivity index (χ1n) is 12.5. The first kappa shape index (κ1) is 90.6. The molecule has 0 amide bonds. The fraction of sp³-hybridized carbons (Fsp3) is 0.200. The Kier molecular flexibility index (Phi) is 73.8. The van der Waals surface area contributed by atoms with E-state index in [1.807, 2.05) is 52.0 Å². The first-order valence-corrected chi connectivity index (χ1v) is 12.5. The van der Waals surface area contributed by atoms with Crippen LogP contribution in [0.4, 0.5) is 0 Å². The molecule has 4 N–H and O–H groups in total. The Labute approximate surface area is 467 Å². The van der Waals surface area contributed by atoms with Gasteiger partial charge in [-0.3, -0.25) is 0 Å². The molecule has 4 nitrogen and oxygen atoms in total. The maximum atomic E-state index is 9.94. The fourth-order valence-electron chi connectivity index (χ4n) is 5.37. The summed E-state index contributed by atoms with van der Waals surface area (Å²) in [7, 11) is 0. The zero-order chi connectivity index (χ0) is 26.7. The number of hydrogen-bond donors (Lipinski definition) is 4. The van der Waals surface area contributed by atoms with Gasteiger partial charge in [0.25, 0.3) is 0 Å². The molecule has 0 fully saturated rings. The molecule has 4 aromatic carbocycles. The largest absolute Gasteiger partial charge is 4.00 e. The van der Waals surface area contributed by atoms with Crippen LogP contribution in [0.5, 0.6) is 23.0 Å². The third-order valence-electron chi connectivity index (χ3n) is 7.22. The van der Waals surface area contributed by atoms with E-state index < -0.39 is 0 Å². The summed E-state index contributed by atoms with van der Waals surface area (Å²) >= 11 is 0. The molecule has 0 saturated carbocycles. The predicted octanol–water partition coefficient (Wildman–Crippen LogP) is 12.5. The van der Waals surface area contributed by atoms with E-state index in [4.69, 9.17) is 0 Å². The van der Waals surface area contributed by atoms with E-state index in [9.17, 15) is 20.4 Å². The Morgan fingerprint density at radius 3 is 0.698 bits per heavy atom. The van der Waals surface area contributed by atoms with Gasteiger partial charge in [-0.25, -0.2) is 0 Å². The molecule has 0 radical (unpaired) electrons. The molecule has 0 unspecified atom stereocenters. The van der Waals surface area contributed by atoms with Crippen molar-refractivity contribution in [1.29, 1.82) is 0 Å². The molecule has 4 aromatic rings. The van der Waals surface area contributed by atoms with Crippen molar-refractivity contribution < 1.29 is 187 Å². The maximum Gasteiger partial charge on any atom is 4.00 e. The standard InChI is InChI=1S/C33H32O4.12CH3.4Ce/c1-20-16-24(34)8-12-28(20)32(29-13-9-25(35)17-21(29)2)6-5-7-33(30-14-10-26(36)18-22(30)3)31-15-11-27(37)19-23(31)4;;;;;;;;;;;;;;;;/h12-19,32-37H,5-7H2,1-4H3;12*1H3;;;;/q-4;12*-1;4*+4. The van der Waals surface area contributed by atoms with Crippen molar-refractivity contribution in [3.8, 4) is 23.0 Å². The number of aromatic hydroxyl groups is 4. The summed E-state index contributed by atoms with van der Waals surface area (Å²) in [5.74, 6) is 0.544. The van der Waals surface area contributed by atoms with Crippen LogP contribution in [0.1, 0.15) is 75.6 Å². The minimum Gasteiger partial charge on any atom is -0.534 e. The van der Waals surface area contributed by atoms with Gasteiger partial charge in [0.05, 0.1) is 0 Å². The quantitative estimate of drug-likeness (QED) is 0.133. The predicted molar refractivity (Wildman–Crippen MR) is 221 cm³/mol. The molecule has 0 spiro atoms. The molecule has 0 aliphatic heterocycles. The van der Waals surface area contributed by atoms with Gasteiger partial charge in [-0.15, -0.1) is 48.5 Å². The van der Waals surface area contributed by atoms with Crippen molar-refractivity contribution in [3.63, 3.8) is 0 Å². The molecule has 53 heavy (non-hydrogen) atoms. The van der Waals surface area contributed by atoms with Gasteiger partial charge in [-0.2, -0.15) is 68.8 Å². The van der Waals surface area contributed by atoms with Crippen LogP contribution in [0.15, 0.2) is 48.5 Å². The van der Waals surface area contributed by atoms with Crippen molar-refractivity contribution >= 4 is 0 Å². The third kappa shape index (κ3) is 25.0. The van der Waals surface area contributed by atoms with Crippen LogP contribution >= 0.6 is 0 Å². The second kappa shape index (κ2) is 43.2. The Morgan fingerprint density at radius 2 is 0.547 bits per heavy atom. The Balaban J connectivity index is -0.0000000909. The van der Waals surface area contributed by atoms with Gasteiger partial charge < -0.3 is 110 Å². The minimum atomic E-state index is 0. The van der Waals surface area contributed by atoms with Gasteiger partial charge in [0, 0.05) is 23.0 Å². The molecular formula is C45H68Ce4O4. The van der Waals surface area contributed by atoms with Gasteiger partial charge in [0.1, 0.15) is 0 Å². The molecule has 288 valence electrons. The minimum absolute atomic E-state index is 0. The molecule has 0 saturated heterocycles. The van der Waals surface area contributed by atoms with E-state index in [1.54, 1.807) is 24.3 Å². The van der Waals surface area contributed by atoms with Crippen LogP contribution < -0.4 is 0 Å². The zero-order valence-electron chi connectivity index (χ0n) is 35.7. The van der Waals surface area contributed by atoms with E-state index in [-0.39, 0.29) is 291 Å². The summed E-state index contributed by atoms with van der Waals surface area (Å²) in [5.41, 5.74) is 8.27. The smallest absolute Gasteiger partial charge is 0.534 e. The second-order valence-corrected chi connectivity index (χ2v) is 9.86. The van der Waals surface area contributed by atoms with E-state index in [0.717, 1.165) is 63.8 Å². The number of phenolic OH excluding ortho intramolecular Hbond substituents is 4. The molecule has 0 aliphatic carbocycles. The van der Waals surface area contributed by atoms with Crippen molar-refractivity contribution in [3.05, 3.63) is 206 Å². The van der Waals surface area contributed by atoms with Gasteiger partial charge >= 0.3 is 167 Å². The number of phenols is 4. The summed E-state index contributed by atoms with van der Waals surface area (Å²) in [6, 6.07) is 26.1. The molecule has 0 heterocycles. The summed E-state index contributed by atoms with van der Waals surface area (Å²) < 4.78 is 0. The van der Waals surface area contributed by atoms with Crippen molar-refractivity contribution in [2.24, 2.45) is 0 Å². The summed E-state index contributed by atoms with van der Waals surface area (Å²) in [6.07, 6.45) is 2.53. The second-order valence-electron chi connectivity index (χ2n) is 9.86. The normalized spacial score (nSPS) is 7.96. The van der Waals surface area contributed by atoms with Crippen LogP contribution in [0, 0.1) is 308 Å². The van der Waals surface area contributed by atoms with Gasteiger partial charge in [-0.05, 0) is 0 Å². The molecule has 8 heteroatoms. The number of benzene rings is 4. The summed E-state index contributed by atoms with van der Waals surface area (Å²) in [6.45, 7) is 7.96. The van der Waals surface area contributed by atoms with Crippen molar-refractivity contribution in [1.82, 2.24) is 0 Å². The van der Waals surface area contributed by atoms with Crippen molar-refractivity contribution in [2.45, 2.75) is 58.8 Å². The average molecular weight is 1230 g/mol. The maximum absolute atomic E-state index is 9.94. The monoisotopic (exact) mass is 1230 g/mol. The van der Waals surface area contributed by atoms with E-state index in [1.165, 1.54) is 0 Å². The van der Waals surface area contributed by atoms with Crippen LogP contribution in [-0.2, 0) is 0 Å². The Morgan fingerprint density at radius 1 is 0.377 bits per heavy atom. The molecule has 4 rings (SSSR count). The van der Waals surface area contributed by atoms with Crippen LogP contribution in [-0.4, -0.2) is 20.4 Å². The Bertz CT molecular complexity index is 1220. The van der Waals surface area contributed by atoms with E-state index >= 15 is 0 Å². The van der Waals surface area contributed by atoms with Crippen LogP contribution in [0.3, 0.4) is 0 Å². The van der Waals surface area contributed by atoms with E-state index in [2.05, 4.69) is 24.3 Å². The number of hydrogen-bond acceptors (Lipinski definition) is 4. The number of rotatable bonds is 8. The summed E-state index contributed by atoms with van der Waals surface area (Å²) in [5, 5.41) is 39.7. The van der Waals surface area contributed by atoms with E-state index in [0.29, 0.717) is 0 Å². The summed E-state index contributed by atoms with van der Waals surface area (Å²) in [4.78, 5) is 0. The first-order chi connectivity index (χ1) is 17.6. The average Bonchev–Trinajstić information content (AvgIpc) is 2.82. The molecule has 0 aromatic heterocycles. The number of aryl methyl sites for hydroxylation is 4. The Hall–Kier alpha value is 1.59. The van der Waals surface area contributed by atoms with Crippen LogP contribution in [0.2, 0.25) is 0 Å². The fourth-order valence-corrected chi connectivity index (χ4v) is 5.37. The molecule has 0 atom stereocenters. The topological polar surface area (TPSA) is 80.9 Å². The molecule has 0 bridgehead atoms. The third-order valence-corrected chi connectivity index (χ3v) is 7.22. The zero-order valence-corrected chi connectivity index (χ0v) is 48.2. The van der Waals surface area contributed by atoms with Crippen LogP contribution in [0.25, 0.3) is 0 Å². The van der Waals surface area contributed by atoms with Gasteiger partial charge in [0.15, 0.2) is 0 Å². The molecule has 0 aliphatic rings. The van der Waals surface area contributed by atoms with Crippen molar-refractivity contribution in [2.75, 3.05) is 0 Å². The molecular weight excluding hydrogens is 1160 g/mol. The SMILES string of the molecule is Cc1cc(O)[c-]cc1C(CCCC(c1c[c-]c(O)cc1C)c1c[c-]c(O)cc1C)c1c[c-]c(O)cc1C.[CH3-].[CH3-].[CH3-].[CH3-].[CH3-].[CH3-].[CH3-].[CH3-].[CH3-].[CH3-].[CH3-].[CH3-].[Ce+4].[Ce+4].[Ce+4].[Ce+4].